The van der Waals surface area contributed by atoms with Crippen LogP contribution in [0.3, 0.4) is 0 Å². The van der Waals surface area contributed by atoms with Crippen molar-refractivity contribution in [3.05, 3.63) is 93.3 Å². The van der Waals surface area contributed by atoms with Gasteiger partial charge in [-0.05, 0) is 57.9 Å². The molecule has 0 N–H and O–H groups in total. The van der Waals surface area contributed by atoms with E-state index < -0.39 is 0 Å². The number of rotatable bonds is 5. The molecule has 0 aliphatic rings. The number of benzene rings is 2. The Labute approximate surface area is 154 Å². The maximum absolute atomic E-state index is 13.0. The molecule has 0 aliphatic heterocycles. The van der Waals surface area contributed by atoms with E-state index >= 15 is 0 Å². The van der Waals surface area contributed by atoms with Crippen molar-refractivity contribution in [2.45, 2.75) is 13.1 Å². The quantitative estimate of drug-likeness (QED) is 0.559. The average molecular weight is 405 g/mol. The van der Waals surface area contributed by atoms with Gasteiger partial charge in [-0.3, -0.25) is 4.79 Å². The zero-order chi connectivity index (χ0) is 16.9. The lowest BCUT2D eigenvalue weighted by Gasteiger charge is -2.22. The first kappa shape index (κ1) is 16.8. The molecule has 0 saturated carbocycles. The van der Waals surface area contributed by atoms with E-state index in [1.165, 1.54) is 0 Å². The van der Waals surface area contributed by atoms with Crippen LogP contribution < -0.4 is 0 Å². The summed E-state index contributed by atoms with van der Waals surface area (Å²) in [4.78, 5) is 14.7. The standard InChI is InChI=1S/C19H15BrClNO2/c20-18-6-2-1-5-17(18)19(23)22(13-16-4-3-11-24-16)12-14-7-9-15(21)10-8-14/h1-11H,12-13H2. The molecule has 0 radical (unpaired) electrons. The maximum Gasteiger partial charge on any atom is 0.255 e. The zero-order valence-electron chi connectivity index (χ0n) is 12.8. The molecule has 1 aromatic heterocycles. The maximum atomic E-state index is 13.0. The summed E-state index contributed by atoms with van der Waals surface area (Å²) in [5.74, 6) is 0.679. The fourth-order valence-corrected chi connectivity index (χ4v) is 2.99. The van der Waals surface area contributed by atoms with Gasteiger partial charge >= 0.3 is 0 Å². The fourth-order valence-electron chi connectivity index (χ4n) is 2.41. The third-order valence-corrected chi connectivity index (χ3v) is 4.55. The molecular weight excluding hydrogens is 390 g/mol. The number of hydrogen-bond acceptors (Lipinski definition) is 2. The molecule has 5 heteroatoms. The number of carbonyl (C=O) groups excluding carboxylic acids is 1. The highest BCUT2D eigenvalue weighted by molar-refractivity contribution is 9.10. The Balaban J connectivity index is 1.87. The van der Waals surface area contributed by atoms with Crippen molar-refractivity contribution >= 4 is 33.4 Å². The molecule has 0 unspecified atom stereocenters. The predicted octanol–water partition coefficient (Wildman–Crippen LogP) is 5.54. The Morgan fingerprint density at radius 2 is 1.75 bits per heavy atom. The number of halogens is 2. The van der Waals surface area contributed by atoms with E-state index in [1.807, 2.05) is 60.7 Å². The summed E-state index contributed by atoms with van der Waals surface area (Å²) < 4.78 is 6.18. The van der Waals surface area contributed by atoms with Crippen LogP contribution in [0.25, 0.3) is 0 Å². The number of amides is 1. The molecule has 3 aromatic rings. The van der Waals surface area contributed by atoms with Crippen LogP contribution in [0.4, 0.5) is 0 Å². The van der Waals surface area contributed by atoms with E-state index in [0.717, 1.165) is 15.8 Å². The average Bonchev–Trinajstić information content (AvgIpc) is 3.09. The second-order valence-electron chi connectivity index (χ2n) is 5.35. The van der Waals surface area contributed by atoms with Gasteiger partial charge in [-0.2, -0.15) is 0 Å². The van der Waals surface area contributed by atoms with Gasteiger partial charge in [0, 0.05) is 16.0 Å². The number of furan rings is 1. The van der Waals surface area contributed by atoms with Crippen molar-refractivity contribution in [2.75, 3.05) is 0 Å². The number of nitrogens with zero attached hydrogens (tertiary/aromatic N) is 1. The van der Waals surface area contributed by atoms with Gasteiger partial charge in [0.2, 0.25) is 0 Å². The minimum Gasteiger partial charge on any atom is -0.467 e. The molecule has 0 bridgehead atoms. The third-order valence-electron chi connectivity index (χ3n) is 3.60. The van der Waals surface area contributed by atoms with Gasteiger partial charge < -0.3 is 9.32 Å². The van der Waals surface area contributed by atoms with Crippen LogP contribution >= 0.6 is 27.5 Å². The van der Waals surface area contributed by atoms with Crippen molar-refractivity contribution in [3.63, 3.8) is 0 Å². The van der Waals surface area contributed by atoms with Gasteiger partial charge in [0.05, 0.1) is 18.4 Å². The third kappa shape index (κ3) is 4.08. The van der Waals surface area contributed by atoms with Crippen LogP contribution in [0.2, 0.25) is 5.02 Å². The Kier molecular flexibility index (Phi) is 5.38. The number of hydrogen-bond donors (Lipinski definition) is 0. The summed E-state index contributed by atoms with van der Waals surface area (Å²) in [7, 11) is 0. The SMILES string of the molecule is O=C(c1ccccc1Br)N(Cc1ccc(Cl)cc1)Cc1ccco1. The smallest absolute Gasteiger partial charge is 0.255 e. The lowest BCUT2D eigenvalue weighted by atomic mass is 10.1. The normalized spacial score (nSPS) is 10.6. The van der Waals surface area contributed by atoms with Crippen LogP contribution in [0.15, 0.2) is 75.8 Å². The first-order valence-corrected chi connectivity index (χ1v) is 8.61. The van der Waals surface area contributed by atoms with Gasteiger partial charge in [-0.25, -0.2) is 0 Å². The Bertz CT molecular complexity index is 816. The zero-order valence-corrected chi connectivity index (χ0v) is 15.1. The van der Waals surface area contributed by atoms with Crippen LogP contribution in [-0.4, -0.2) is 10.8 Å². The van der Waals surface area contributed by atoms with Crippen LogP contribution in [0.5, 0.6) is 0 Å². The lowest BCUT2D eigenvalue weighted by molar-refractivity contribution is 0.0717. The summed E-state index contributed by atoms with van der Waals surface area (Å²) >= 11 is 9.39. The molecule has 24 heavy (non-hydrogen) atoms. The molecule has 0 aliphatic carbocycles. The van der Waals surface area contributed by atoms with E-state index in [4.69, 9.17) is 16.0 Å². The summed E-state index contributed by atoms with van der Waals surface area (Å²) in [6.45, 7) is 0.869. The van der Waals surface area contributed by atoms with E-state index in [2.05, 4.69) is 15.9 Å². The van der Waals surface area contributed by atoms with E-state index in [9.17, 15) is 4.79 Å². The summed E-state index contributed by atoms with van der Waals surface area (Å²) in [6, 6.07) is 18.6. The summed E-state index contributed by atoms with van der Waals surface area (Å²) in [5, 5.41) is 0.675. The van der Waals surface area contributed by atoms with Crippen LogP contribution in [-0.2, 0) is 13.1 Å². The first-order valence-electron chi connectivity index (χ1n) is 7.44. The summed E-state index contributed by atoms with van der Waals surface area (Å²) in [5.41, 5.74) is 1.63. The summed E-state index contributed by atoms with van der Waals surface area (Å²) in [6.07, 6.45) is 1.61. The van der Waals surface area contributed by atoms with Gasteiger partial charge in [0.15, 0.2) is 0 Å². The minimum absolute atomic E-state index is 0.0613. The van der Waals surface area contributed by atoms with Crippen molar-refractivity contribution in [1.82, 2.24) is 4.90 Å². The molecule has 1 amide bonds. The Hall–Kier alpha value is -2.04. The highest BCUT2D eigenvalue weighted by Crippen LogP contribution is 2.21. The van der Waals surface area contributed by atoms with E-state index in [1.54, 1.807) is 11.2 Å². The van der Waals surface area contributed by atoms with Crippen molar-refractivity contribution in [3.8, 4) is 0 Å². The molecule has 3 nitrogen and oxygen atoms in total. The second kappa shape index (κ2) is 7.69. The van der Waals surface area contributed by atoms with Gasteiger partial charge in [0.1, 0.15) is 5.76 Å². The van der Waals surface area contributed by atoms with Crippen LogP contribution in [0, 0.1) is 0 Å². The predicted molar refractivity (Wildman–Crippen MR) is 97.9 cm³/mol. The van der Waals surface area contributed by atoms with E-state index in [-0.39, 0.29) is 5.91 Å². The fraction of sp³-hybridized carbons (Fsp3) is 0.105. The monoisotopic (exact) mass is 403 g/mol. The molecular formula is C19H15BrClNO2. The van der Waals surface area contributed by atoms with Gasteiger partial charge in [0.25, 0.3) is 5.91 Å². The van der Waals surface area contributed by atoms with Crippen LogP contribution in [0.1, 0.15) is 21.7 Å². The highest BCUT2D eigenvalue weighted by Gasteiger charge is 2.19. The van der Waals surface area contributed by atoms with Crippen molar-refractivity contribution in [2.24, 2.45) is 0 Å². The number of carbonyl (C=O) groups is 1. The molecule has 0 atom stereocenters. The molecule has 0 fully saturated rings. The minimum atomic E-state index is -0.0613. The van der Waals surface area contributed by atoms with E-state index in [0.29, 0.717) is 23.7 Å². The van der Waals surface area contributed by atoms with Crippen molar-refractivity contribution < 1.29 is 9.21 Å². The molecule has 3 rings (SSSR count). The van der Waals surface area contributed by atoms with Gasteiger partial charge in [-0.15, -0.1) is 0 Å². The molecule has 0 saturated heterocycles. The Morgan fingerprint density at radius 1 is 1.00 bits per heavy atom. The van der Waals surface area contributed by atoms with Gasteiger partial charge in [-0.1, -0.05) is 35.9 Å². The Morgan fingerprint density at radius 3 is 2.42 bits per heavy atom. The first-order chi connectivity index (χ1) is 11.6. The second-order valence-corrected chi connectivity index (χ2v) is 6.64. The topological polar surface area (TPSA) is 33.5 Å². The molecule has 1 heterocycles. The van der Waals surface area contributed by atoms with Crippen molar-refractivity contribution in [1.29, 1.82) is 0 Å². The lowest BCUT2D eigenvalue weighted by Crippen LogP contribution is -2.30. The molecule has 0 spiro atoms. The highest BCUT2D eigenvalue weighted by atomic mass is 79.9. The molecule has 122 valence electrons. The molecule has 2 aromatic carbocycles. The largest absolute Gasteiger partial charge is 0.467 e.